The molecule has 7 heteroatoms. The Hall–Kier alpha value is -2.61. The van der Waals surface area contributed by atoms with Crippen molar-refractivity contribution in [1.29, 1.82) is 0 Å². The lowest BCUT2D eigenvalue weighted by Crippen LogP contribution is -2.49. The molecule has 1 aliphatic heterocycles. The number of nitrogens with zero attached hydrogens (tertiary/aromatic N) is 4. The second-order valence-corrected chi connectivity index (χ2v) is 8.29. The van der Waals surface area contributed by atoms with Crippen LogP contribution >= 0.6 is 11.3 Å². The minimum absolute atomic E-state index is 0.00736. The molecule has 1 aromatic carbocycles. The van der Waals surface area contributed by atoms with Crippen LogP contribution in [0.25, 0.3) is 10.4 Å². The van der Waals surface area contributed by atoms with Crippen molar-refractivity contribution in [2.24, 2.45) is 0 Å². The highest BCUT2D eigenvalue weighted by Gasteiger charge is 2.20. The Morgan fingerprint density at radius 3 is 2.69 bits per heavy atom. The lowest BCUT2D eigenvalue weighted by molar-refractivity contribution is -0.112. The standard InChI is InChI=1S/C22H25N5OS/c1-17(16-28)27-11-9-26(10-12-27)15-18-7-8-23-21(13-18)25-22-24-14-20(29-22)19-5-3-2-4-6-19/h2-8,13-14,16-17H,9-12,15H2,1H3,(H,23,24,25). The lowest BCUT2D eigenvalue weighted by Gasteiger charge is -2.36. The summed E-state index contributed by atoms with van der Waals surface area (Å²) in [5.74, 6) is 0.810. The molecule has 6 nitrogen and oxygen atoms in total. The quantitative estimate of drug-likeness (QED) is 0.603. The monoisotopic (exact) mass is 407 g/mol. The molecule has 3 heterocycles. The third-order valence-corrected chi connectivity index (χ3v) is 6.17. The van der Waals surface area contributed by atoms with Crippen molar-refractivity contribution in [3.05, 3.63) is 60.4 Å². The summed E-state index contributed by atoms with van der Waals surface area (Å²) >= 11 is 1.62. The van der Waals surface area contributed by atoms with Gasteiger partial charge in [0, 0.05) is 45.1 Å². The third-order valence-electron chi connectivity index (χ3n) is 5.21. The maximum atomic E-state index is 11.0. The van der Waals surface area contributed by atoms with E-state index in [2.05, 4.69) is 49.4 Å². The number of hydrogen-bond acceptors (Lipinski definition) is 7. The lowest BCUT2D eigenvalue weighted by atomic mass is 10.2. The van der Waals surface area contributed by atoms with Crippen LogP contribution in [-0.4, -0.2) is 58.3 Å². The van der Waals surface area contributed by atoms with Gasteiger partial charge in [-0.2, -0.15) is 0 Å². The zero-order chi connectivity index (χ0) is 20.1. The number of thiazole rings is 1. The van der Waals surface area contributed by atoms with Crippen LogP contribution in [0.2, 0.25) is 0 Å². The number of pyridine rings is 1. The first-order valence-electron chi connectivity index (χ1n) is 9.86. The van der Waals surface area contributed by atoms with Gasteiger partial charge in [0.25, 0.3) is 0 Å². The number of carbonyl (C=O) groups is 1. The minimum Gasteiger partial charge on any atom is -0.316 e. The molecular formula is C22H25N5OS. The second kappa shape index (κ2) is 9.26. The second-order valence-electron chi connectivity index (χ2n) is 7.26. The SMILES string of the molecule is CC(C=O)N1CCN(Cc2ccnc(Nc3ncc(-c4ccccc4)s3)c2)CC1. The summed E-state index contributed by atoms with van der Waals surface area (Å²) in [6.45, 7) is 6.64. The minimum atomic E-state index is 0.00736. The summed E-state index contributed by atoms with van der Waals surface area (Å²) < 4.78 is 0. The number of aldehydes is 1. The summed E-state index contributed by atoms with van der Waals surface area (Å²) in [6.07, 6.45) is 4.76. The van der Waals surface area contributed by atoms with Gasteiger partial charge < -0.3 is 10.1 Å². The summed E-state index contributed by atoms with van der Waals surface area (Å²) in [4.78, 5) is 25.7. The van der Waals surface area contributed by atoms with Crippen molar-refractivity contribution < 1.29 is 4.79 Å². The van der Waals surface area contributed by atoms with Crippen molar-refractivity contribution in [2.75, 3.05) is 31.5 Å². The topological polar surface area (TPSA) is 61.4 Å². The number of rotatable bonds is 7. The molecule has 3 aromatic rings. The molecule has 1 N–H and O–H groups in total. The Bertz CT molecular complexity index is 937. The molecule has 29 heavy (non-hydrogen) atoms. The van der Waals surface area contributed by atoms with E-state index in [1.165, 1.54) is 11.1 Å². The number of aromatic nitrogens is 2. The molecule has 150 valence electrons. The van der Waals surface area contributed by atoms with Gasteiger partial charge in [0.2, 0.25) is 0 Å². The maximum absolute atomic E-state index is 11.0. The number of benzene rings is 1. The van der Waals surface area contributed by atoms with Crippen molar-refractivity contribution in [3.63, 3.8) is 0 Å². The Balaban J connectivity index is 1.36. The van der Waals surface area contributed by atoms with Crippen LogP contribution in [0.1, 0.15) is 12.5 Å². The maximum Gasteiger partial charge on any atom is 0.188 e. The molecule has 1 fully saturated rings. The van der Waals surface area contributed by atoms with Crippen LogP contribution in [-0.2, 0) is 11.3 Å². The van der Waals surface area contributed by atoms with Gasteiger partial charge in [-0.15, -0.1) is 0 Å². The highest BCUT2D eigenvalue weighted by Crippen LogP contribution is 2.30. The van der Waals surface area contributed by atoms with Crippen molar-refractivity contribution in [2.45, 2.75) is 19.5 Å². The molecule has 0 saturated carbocycles. The molecule has 1 unspecified atom stereocenters. The predicted octanol–water partition coefficient (Wildman–Crippen LogP) is 3.65. The van der Waals surface area contributed by atoms with E-state index in [1.807, 2.05) is 37.5 Å². The zero-order valence-corrected chi connectivity index (χ0v) is 17.3. The van der Waals surface area contributed by atoms with Crippen molar-refractivity contribution in [1.82, 2.24) is 19.8 Å². The fourth-order valence-corrected chi connectivity index (χ4v) is 4.32. The Morgan fingerprint density at radius 1 is 1.14 bits per heavy atom. The van der Waals surface area contributed by atoms with E-state index >= 15 is 0 Å². The van der Waals surface area contributed by atoms with Gasteiger partial charge in [-0.25, -0.2) is 9.97 Å². The zero-order valence-electron chi connectivity index (χ0n) is 16.5. The summed E-state index contributed by atoms with van der Waals surface area (Å²) in [5.41, 5.74) is 2.39. The van der Waals surface area contributed by atoms with Crippen LogP contribution in [0.15, 0.2) is 54.9 Å². The van der Waals surface area contributed by atoms with Crippen molar-refractivity contribution >= 4 is 28.6 Å². The van der Waals surface area contributed by atoms with Crippen LogP contribution in [0.3, 0.4) is 0 Å². The molecule has 0 aliphatic carbocycles. The fourth-order valence-electron chi connectivity index (χ4n) is 3.49. The third kappa shape index (κ3) is 5.06. The van der Waals surface area contributed by atoms with Gasteiger partial charge in [0.15, 0.2) is 5.13 Å². The number of piperazine rings is 1. The van der Waals surface area contributed by atoms with E-state index in [-0.39, 0.29) is 6.04 Å². The van der Waals surface area contributed by atoms with Gasteiger partial charge in [-0.3, -0.25) is 9.80 Å². The molecule has 0 radical (unpaired) electrons. The average Bonchev–Trinajstić information content (AvgIpc) is 3.23. The first-order chi connectivity index (χ1) is 14.2. The molecule has 4 rings (SSSR count). The smallest absolute Gasteiger partial charge is 0.188 e. The number of hydrogen-bond donors (Lipinski definition) is 1. The van der Waals surface area contributed by atoms with E-state index < -0.39 is 0 Å². The number of carbonyl (C=O) groups excluding carboxylic acids is 1. The van der Waals surface area contributed by atoms with E-state index in [0.717, 1.165) is 54.8 Å². The van der Waals surface area contributed by atoms with Gasteiger partial charge >= 0.3 is 0 Å². The average molecular weight is 408 g/mol. The van der Waals surface area contributed by atoms with Gasteiger partial charge in [-0.1, -0.05) is 41.7 Å². The van der Waals surface area contributed by atoms with Crippen LogP contribution in [0, 0.1) is 0 Å². The first-order valence-corrected chi connectivity index (χ1v) is 10.7. The largest absolute Gasteiger partial charge is 0.316 e. The molecular weight excluding hydrogens is 382 g/mol. The Morgan fingerprint density at radius 2 is 1.93 bits per heavy atom. The van der Waals surface area contributed by atoms with Gasteiger partial charge in [-0.05, 0) is 30.2 Å². The van der Waals surface area contributed by atoms with Crippen molar-refractivity contribution in [3.8, 4) is 10.4 Å². The van der Waals surface area contributed by atoms with Gasteiger partial charge in [0.05, 0.1) is 10.9 Å². The summed E-state index contributed by atoms with van der Waals surface area (Å²) in [6, 6.07) is 14.4. The first kappa shape index (κ1) is 19.7. The number of nitrogens with one attached hydrogen (secondary N) is 1. The summed E-state index contributed by atoms with van der Waals surface area (Å²) in [7, 11) is 0. The molecule has 0 bridgehead atoms. The molecule has 1 aliphatic rings. The van der Waals surface area contributed by atoms with E-state index in [9.17, 15) is 4.79 Å². The summed E-state index contributed by atoms with van der Waals surface area (Å²) in [5, 5.41) is 4.17. The molecule has 2 aromatic heterocycles. The molecule has 1 saturated heterocycles. The highest BCUT2D eigenvalue weighted by molar-refractivity contribution is 7.18. The van der Waals surface area contributed by atoms with Crippen LogP contribution in [0.5, 0.6) is 0 Å². The highest BCUT2D eigenvalue weighted by atomic mass is 32.1. The molecule has 1 atom stereocenters. The normalized spacial score (nSPS) is 16.4. The van der Waals surface area contributed by atoms with Crippen LogP contribution < -0.4 is 5.32 Å². The molecule has 0 amide bonds. The Labute approximate surface area is 175 Å². The molecule has 0 spiro atoms. The Kier molecular flexibility index (Phi) is 6.29. The number of anilines is 2. The van der Waals surface area contributed by atoms with Gasteiger partial charge in [0.1, 0.15) is 12.1 Å². The van der Waals surface area contributed by atoms with Crippen LogP contribution in [0.4, 0.5) is 10.9 Å². The predicted molar refractivity (Wildman–Crippen MR) is 117 cm³/mol. The van der Waals surface area contributed by atoms with E-state index in [1.54, 1.807) is 11.3 Å². The fraction of sp³-hybridized carbons (Fsp3) is 0.318. The van der Waals surface area contributed by atoms with E-state index in [0.29, 0.717) is 0 Å². The van der Waals surface area contributed by atoms with E-state index in [4.69, 9.17) is 0 Å².